The van der Waals surface area contributed by atoms with Gasteiger partial charge in [0, 0.05) is 11.6 Å². The van der Waals surface area contributed by atoms with Crippen molar-refractivity contribution in [3.63, 3.8) is 0 Å². The number of benzene rings is 2. The summed E-state index contributed by atoms with van der Waals surface area (Å²) in [4.78, 5) is 0. The summed E-state index contributed by atoms with van der Waals surface area (Å²) in [5.74, 6) is 0.290. The SMILES string of the molecule is COc1cc(NS(N)(=O)=O)ccc1-c1ccc(C(F)(F)F)cc1. The van der Waals surface area contributed by atoms with Crippen LogP contribution in [0.25, 0.3) is 11.1 Å². The van der Waals surface area contributed by atoms with Crippen LogP contribution >= 0.6 is 0 Å². The normalized spacial score (nSPS) is 12.0. The third kappa shape index (κ3) is 4.36. The minimum absolute atomic E-state index is 0.181. The predicted molar refractivity (Wildman–Crippen MR) is 80.2 cm³/mol. The number of nitrogens with two attached hydrogens (primary N) is 1. The van der Waals surface area contributed by atoms with Crippen LogP contribution < -0.4 is 14.6 Å². The zero-order valence-electron chi connectivity index (χ0n) is 11.9. The van der Waals surface area contributed by atoms with Gasteiger partial charge in [0.25, 0.3) is 10.2 Å². The third-order valence-corrected chi connectivity index (χ3v) is 3.51. The minimum atomic E-state index is -4.41. The highest BCUT2D eigenvalue weighted by atomic mass is 32.2. The number of hydrogen-bond acceptors (Lipinski definition) is 3. The Kier molecular flexibility index (Phi) is 4.53. The Hall–Kier alpha value is -2.26. The van der Waals surface area contributed by atoms with Gasteiger partial charge in [0.1, 0.15) is 5.75 Å². The molecule has 0 unspecified atom stereocenters. The summed E-state index contributed by atoms with van der Waals surface area (Å²) >= 11 is 0. The van der Waals surface area contributed by atoms with Gasteiger partial charge in [-0.25, -0.2) is 5.14 Å². The molecule has 2 rings (SSSR count). The molecule has 0 radical (unpaired) electrons. The maximum atomic E-state index is 12.6. The number of nitrogens with one attached hydrogen (secondary N) is 1. The van der Waals surface area contributed by atoms with Crippen LogP contribution in [-0.4, -0.2) is 15.5 Å². The first-order valence-corrected chi connectivity index (χ1v) is 7.81. The van der Waals surface area contributed by atoms with E-state index < -0.39 is 21.9 Å². The molecular formula is C14H13F3N2O3S. The summed E-state index contributed by atoms with van der Waals surface area (Å²) in [6, 6.07) is 8.89. The molecule has 3 N–H and O–H groups in total. The van der Waals surface area contributed by atoms with Crippen molar-refractivity contribution in [3.8, 4) is 16.9 Å². The Morgan fingerprint density at radius 2 is 1.70 bits per heavy atom. The first kappa shape index (κ1) is 17.1. The summed E-state index contributed by atoms with van der Waals surface area (Å²) in [7, 11) is -2.57. The zero-order chi connectivity index (χ0) is 17.3. The van der Waals surface area contributed by atoms with Gasteiger partial charge < -0.3 is 4.74 Å². The second kappa shape index (κ2) is 6.09. The van der Waals surface area contributed by atoms with Crippen LogP contribution in [0.5, 0.6) is 5.75 Å². The van der Waals surface area contributed by atoms with E-state index in [0.29, 0.717) is 16.9 Å². The van der Waals surface area contributed by atoms with Crippen LogP contribution in [0.2, 0.25) is 0 Å². The monoisotopic (exact) mass is 346 g/mol. The van der Waals surface area contributed by atoms with E-state index in [0.717, 1.165) is 12.1 Å². The van der Waals surface area contributed by atoms with Crippen molar-refractivity contribution in [2.75, 3.05) is 11.8 Å². The molecule has 2 aromatic carbocycles. The van der Waals surface area contributed by atoms with Crippen molar-refractivity contribution >= 4 is 15.9 Å². The lowest BCUT2D eigenvalue weighted by molar-refractivity contribution is -0.137. The fraction of sp³-hybridized carbons (Fsp3) is 0.143. The molecule has 124 valence electrons. The Morgan fingerprint density at radius 1 is 1.09 bits per heavy atom. The molecule has 0 amide bonds. The summed E-state index contributed by atoms with van der Waals surface area (Å²) in [5.41, 5.74) is 0.436. The second-order valence-corrected chi connectivity index (χ2v) is 5.93. The third-order valence-electron chi connectivity index (χ3n) is 2.98. The van der Waals surface area contributed by atoms with Crippen molar-refractivity contribution in [2.24, 2.45) is 5.14 Å². The Labute approximate surface area is 131 Å². The highest BCUT2D eigenvalue weighted by molar-refractivity contribution is 7.90. The highest BCUT2D eigenvalue weighted by Crippen LogP contribution is 2.35. The minimum Gasteiger partial charge on any atom is -0.496 e. The van der Waals surface area contributed by atoms with Gasteiger partial charge in [-0.15, -0.1) is 0 Å². The van der Waals surface area contributed by atoms with Gasteiger partial charge >= 0.3 is 6.18 Å². The molecule has 0 aliphatic heterocycles. The van der Waals surface area contributed by atoms with Crippen molar-refractivity contribution in [1.82, 2.24) is 0 Å². The maximum absolute atomic E-state index is 12.6. The lowest BCUT2D eigenvalue weighted by Crippen LogP contribution is -2.21. The summed E-state index contributed by atoms with van der Waals surface area (Å²) in [6.45, 7) is 0. The summed E-state index contributed by atoms with van der Waals surface area (Å²) in [5, 5.41) is 4.88. The molecule has 0 saturated carbocycles. The molecule has 0 saturated heterocycles. The summed E-state index contributed by atoms with van der Waals surface area (Å²) in [6.07, 6.45) is -4.41. The topological polar surface area (TPSA) is 81.4 Å². The average molecular weight is 346 g/mol. The molecule has 0 aliphatic rings. The molecule has 5 nitrogen and oxygen atoms in total. The van der Waals surface area contributed by atoms with Gasteiger partial charge in [-0.3, -0.25) is 4.72 Å². The van der Waals surface area contributed by atoms with Crippen LogP contribution in [0.15, 0.2) is 42.5 Å². The molecule has 0 bridgehead atoms. The molecule has 0 atom stereocenters. The Bertz CT molecular complexity index is 803. The zero-order valence-corrected chi connectivity index (χ0v) is 12.7. The molecule has 0 fully saturated rings. The van der Waals surface area contributed by atoms with E-state index in [1.807, 2.05) is 0 Å². The summed E-state index contributed by atoms with van der Waals surface area (Å²) < 4.78 is 67.0. The highest BCUT2D eigenvalue weighted by Gasteiger charge is 2.30. The number of rotatable bonds is 4. The molecular weight excluding hydrogens is 333 g/mol. The molecule has 2 aromatic rings. The number of halogens is 3. The van der Waals surface area contributed by atoms with Crippen molar-refractivity contribution in [2.45, 2.75) is 6.18 Å². The van der Waals surface area contributed by atoms with E-state index in [1.54, 1.807) is 0 Å². The standard InChI is InChI=1S/C14H13F3N2O3S/c1-22-13-8-11(19-23(18,20)21)6-7-12(13)9-2-4-10(5-3-9)14(15,16)17/h2-8,19H,1H3,(H2,18,20,21). The fourth-order valence-electron chi connectivity index (χ4n) is 2.00. The lowest BCUT2D eigenvalue weighted by Gasteiger charge is -2.12. The fourth-order valence-corrected chi connectivity index (χ4v) is 2.45. The van der Waals surface area contributed by atoms with E-state index >= 15 is 0 Å². The molecule has 0 aliphatic carbocycles. The second-order valence-electron chi connectivity index (χ2n) is 4.64. The quantitative estimate of drug-likeness (QED) is 0.893. The van der Waals surface area contributed by atoms with Gasteiger partial charge in [0.2, 0.25) is 0 Å². The number of ether oxygens (including phenoxy) is 1. The van der Waals surface area contributed by atoms with E-state index in [1.165, 1.54) is 37.4 Å². The Balaban J connectivity index is 2.39. The molecule has 9 heteroatoms. The van der Waals surface area contributed by atoms with E-state index in [2.05, 4.69) is 4.72 Å². The van der Waals surface area contributed by atoms with Crippen molar-refractivity contribution in [3.05, 3.63) is 48.0 Å². The van der Waals surface area contributed by atoms with E-state index in [4.69, 9.17) is 9.88 Å². The van der Waals surface area contributed by atoms with Crippen molar-refractivity contribution < 1.29 is 26.3 Å². The number of hydrogen-bond donors (Lipinski definition) is 2. The molecule has 23 heavy (non-hydrogen) atoms. The maximum Gasteiger partial charge on any atom is 0.416 e. The van der Waals surface area contributed by atoms with Gasteiger partial charge in [0.15, 0.2) is 0 Å². The van der Waals surface area contributed by atoms with Crippen LogP contribution in [0.3, 0.4) is 0 Å². The van der Waals surface area contributed by atoms with E-state index in [9.17, 15) is 21.6 Å². The van der Waals surface area contributed by atoms with Gasteiger partial charge in [0.05, 0.1) is 18.4 Å². The van der Waals surface area contributed by atoms with Crippen LogP contribution in [-0.2, 0) is 16.4 Å². The lowest BCUT2D eigenvalue weighted by atomic mass is 10.0. The van der Waals surface area contributed by atoms with Crippen molar-refractivity contribution in [1.29, 1.82) is 0 Å². The smallest absolute Gasteiger partial charge is 0.416 e. The first-order chi connectivity index (χ1) is 10.6. The van der Waals surface area contributed by atoms with Gasteiger partial charge in [-0.1, -0.05) is 12.1 Å². The Morgan fingerprint density at radius 3 is 2.17 bits per heavy atom. The van der Waals surface area contributed by atoms with Gasteiger partial charge in [-0.2, -0.15) is 21.6 Å². The van der Waals surface area contributed by atoms with Crippen LogP contribution in [0, 0.1) is 0 Å². The van der Waals surface area contributed by atoms with E-state index in [-0.39, 0.29) is 5.69 Å². The van der Waals surface area contributed by atoms with Crippen LogP contribution in [0.4, 0.5) is 18.9 Å². The predicted octanol–water partition coefficient (Wildman–Crippen LogP) is 3.00. The average Bonchev–Trinajstić information content (AvgIpc) is 2.44. The largest absolute Gasteiger partial charge is 0.496 e. The number of methoxy groups -OCH3 is 1. The molecule has 0 aromatic heterocycles. The van der Waals surface area contributed by atoms with Gasteiger partial charge in [-0.05, 0) is 29.8 Å². The number of alkyl halides is 3. The molecule has 0 spiro atoms. The first-order valence-electron chi connectivity index (χ1n) is 6.26. The van der Waals surface area contributed by atoms with Crippen LogP contribution in [0.1, 0.15) is 5.56 Å². The number of anilines is 1. The molecule has 0 heterocycles.